The molecular weight excluding hydrogens is 316 g/mol. The van der Waals surface area contributed by atoms with Gasteiger partial charge in [0, 0.05) is 25.1 Å². The average molecular weight is 332 g/mol. The number of hydrogen-bond donors (Lipinski definition) is 1. The summed E-state index contributed by atoms with van der Waals surface area (Å²) in [6, 6.07) is 10.1. The maximum Gasteiger partial charge on any atom is 0.181 e. The highest BCUT2D eigenvalue weighted by Crippen LogP contribution is 2.23. The maximum atomic E-state index is 4.74. The van der Waals surface area contributed by atoms with Gasteiger partial charge >= 0.3 is 0 Å². The Balaban J connectivity index is 1.43. The van der Waals surface area contributed by atoms with E-state index in [1.54, 1.807) is 12.5 Å². The van der Waals surface area contributed by atoms with Crippen LogP contribution in [0.15, 0.2) is 42.9 Å². The lowest BCUT2D eigenvalue weighted by Crippen LogP contribution is -2.27. The highest BCUT2D eigenvalue weighted by molar-refractivity contribution is 5.86. The molecule has 5 rings (SSSR count). The molecule has 4 aromatic rings. The molecule has 0 saturated carbocycles. The number of rotatable bonds is 2. The fourth-order valence-electron chi connectivity index (χ4n) is 3.23. The molecule has 0 saturated heterocycles. The first-order chi connectivity index (χ1) is 12.4. The number of nitrogens with zero attached hydrogens (tertiary/aromatic N) is 7. The standard InChI is InChI=1S/C17H16N8/c1-2-4-12(5-3-1)15-21-14-6-7-24(8-9-25(14)23-15)17-13-10-20-22-16(13)18-11-19-17/h1-5,10-11H,6-9H2,(H,18,19,20,22). The van der Waals surface area contributed by atoms with Crippen LogP contribution < -0.4 is 4.90 Å². The maximum absolute atomic E-state index is 4.74. The lowest BCUT2D eigenvalue weighted by atomic mass is 10.2. The van der Waals surface area contributed by atoms with Crippen molar-refractivity contribution >= 4 is 16.9 Å². The van der Waals surface area contributed by atoms with Gasteiger partial charge in [-0.3, -0.25) is 5.10 Å². The van der Waals surface area contributed by atoms with E-state index in [9.17, 15) is 0 Å². The number of aromatic amines is 1. The van der Waals surface area contributed by atoms with Gasteiger partial charge in [0.25, 0.3) is 0 Å². The summed E-state index contributed by atoms with van der Waals surface area (Å²) in [6.45, 7) is 2.44. The molecule has 0 atom stereocenters. The van der Waals surface area contributed by atoms with Gasteiger partial charge in [0.1, 0.15) is 18.0 Å². The molecule has 8 nitrogen and oxygen atoms in total. The summed E-state index contributed by atoms with van der Waals surface area (Å²) >= 11 is 0. The number of H-pyrrole nitrogens is 1. The third-order valence-corrected chi connectivity index (χ3v) is 4.49. The molecular formula is C17H16N8. The van der Waals surface area contributed by atoms with Crippen LogP contribution in [0.1, 0.15) is 5.82 Å². The predicted octanol–water partition coefficient (Wildman–Crippen LogP) is 1.67. The van der Waals surface area contributed by atoms with Crippen LogP contribution in [0.3, 0.4) is 0 Å². The summed E-state index contributed by atoms with van der Waals surface area (Å²) in [7, 11) is 0. The third-order valence-electron chi connectivity index (χ3n) is 4.49. The molecule has 0 aliphatic carbocycles. The summed E-state index contributed by atoms with van der Waals surface area (Å²) in [4.78, 5) is 15.7. The lowest BCUT2D eigenvalue weighted by Gasteiger charge is -2.21. The smallest absolute Gasteiger partial charge is 0.181 e. The molecule has 1 aromatic carbocycles. The fraction of sp³-hybridized carbons (Fsp3) is 0.235. The zero-order valence-corrected chi connectivity index (χ0v) is 13.5. The minimum atomic E-state index is 0.761. The SMILES string of the molecule is c1ccc(-c2nc3n(n2)CCN(c2ncnc4[nH]ncc24)CC3)cc1. The van der Waals surface area contributed by atoms with E-state index >= 15 is 0 Å². The van der Waals surface area contributed by atoms with Crippen molar-refractivity contribution in [2.24, 2.45) is 0 Å². The van der Waals surface area contributed by atoms with Crippen LogP contribution in [0, 0.1) is 0 Å². The third kappa shape index (κ3) is 2.42. The van der Waals surface area contributed by atoms with E-state index in [2.05, 4.69) is 30.2 Å². The van der Waals surface area contributed by atoms with Gasteiger partial charge in [0.15, 0.2) is 11.5 Å². The monoisotopic (exact) mass is 332 g/mol. The zero-order chi connectivity index (χ0) is 16.6. The van der Waals surface area contributed by atoms with Gasteiger partial charge in [0.2, 0.25) is 0 Å². The van der Waals surface area contributed by atoms with Crippen LogP contribution in [0.25, 0.3) is 22.4 Å². The second-order valence-electron chi connectivity index (χ2n) is 6.01. The normalized spacial score (nSPS) is 14.5. The van der Waals surface area contributed by atoms with Gasteiger partial charge in [0.05, 0.1) is 18.1 Å². The van der Waals surface area contributed by atoms with Crippen molar-refractivity contribution in [2.75, 3.05) is 18.0 Å². The number of fused-ring (bicyclic) bond motifs is 2. The molecule has 0 amide bonds. The molecule has 25 heavy (non-hydrogen) atoms. The molecule has 1 aliphatic heterocycles. The van der Waals surface area contributed by atoms with Crippen molar-refractivity contribution < 1.29 is 0 Å². The van der Waals surface area contributed by atoms with Gasteiger partial charge < -0.3 is 4.90 Å². The summed E-state index contributed by atoms with van der Waals surface area (Å²) in [6.07, 6.45) is 4.17. The van der Waals surface area contributed by atoms with Crippen LogP contribution in [0.2, 0.25) is 0 Å². The molecule has 0 fully saturated rings. The van der Waals surface area contributed by atoms with E-state index < -0.39 is 0 Å². The molecule has 0 radical (unpaired) electrons. The van der Waals surface area contributed by atoms with E-state index in [0.717, 1.165) is 60.1 Å². The average Bonchev–Trinajstić information content (AvgIpc) is 3.25. The Morgan fingerprint density at radius 3 is 2.84 bits per heavy atom. The van der Waals surface area contributed by atoms with Crippen molar-refractivity contribution in [3.8, 4) is 11.4 Å². The van der Waals surface area contributed by atoms with Gasteiger partial charge in [-0.15, -0.1) is 0 Å². The summed E-state index contributed by atoms with van der Waals surface area (Å²) in [5, 5.41) is 12.6. The van der Waals surface area contributed by atoms with Crippen LogP contribution in [0.4, 0.5) is 5.82 Å². The number of anilines is 1. The highest BCUT2D eigenvalue weighted by Gasteiger charge is 2.20. The Morgan fingerprint density at radius 1 is 1.00 bits per heavy atom. The van der Waals surface area contributed by atoms with Gasteiger partial charge in [-0.1, -0.05) is 30.3 Å². The van der Waals surface area contributed by atoms with E-state index in [-0.39, 0.29) is 0 Å². The molecule has 0 unspecified atom stereocenters. The quantitative estimate of drug-likeness (QED) is 0.601. The zero-order valence-electron chi connectivity index (χ0n) is 13.5. The Kier molecular flexibility index (Phi) is 3.19. The van der Waals surface area contributed by atoms with E-state index in [4.69, 9.17) is 4.98 Å². The Labute approximate surface area is 143 Å². The second-order valence-corrected chi connectivity index (χ2v) is 6.01. The van der Waals surface area contributed by atoms with Crippen LogP contribution in [-0.2, 0) is 13.0 Å². The van der Waals surface area contributed by atoms with Gasteiger partial charge in [-0.2, -0.15) is 10.2 Å². The van der Waals surface area contributed by atoms with Crippen molar-refractivity contribution in [1.29, 1.82) is 0 Å². The second kappa shape index (κ2) is 5.66. The van der Waals surface area contributed by atoms with Crippen molar-refractivity contribution in [1.82, 2.24) is 34.9 Å². The van der Waals surface area contributed by atoms with Crippen molar-refractivity contribution in [3.63, 3.8) is 0 Å². The number of nitrogens with one attached hydrogen (secondary N) is 1. The Bertz CT molecular complexity index is 994. The lowest BCUT2D eigenvalue weighted by molar-refractivity contribution is 0.610. The highest BCUT2D eigenvalue weighted by atomic mass is 15.4. The Morgan fingerprint density at radius 2 is 1.92 bits per heavy atom. The van der Waals surface area contributed by atoms with E-state index in [1.807, 2.05) is 35.0 Å². The first-order valence-electron chi connectivity index (χ1n) is 8.27. The van der Waals surface area contributed by atoms with E-state index in [0.29, 0.717) is 0 Å². The Hall–Kier alpha value is -3.29. The molecule has 0 spiro atoms. The summed E-state index contributed by atoms with van der Waals surface area (Å²) < 4.78 is 2.01. The number of hydrogen-bond acceptors (Lipinski definition) is 6. The first kappa shape index (κ1) is 14.1. The topological polar surface area (TPSA) is 88.4 Å². The van der Waals surface area contributed by atoms with Crippen LogP contribution >= 0.6 is 0 Å². The predicted molar refractivity (Wildman–Crippen MR) is 93.1 cm³/mol. The molecule has 124 valence electrons. The molecule has 1 aliphatic rings. The summed E-state index contributed by atoms with van der Waals surface area (Å²) in [5.41, 5.74) is 1.81. The van der Waals surface area contributed by atoms with Gasteiger partial charge in [-0.25, -0.2) is 19.6 Å². The van der Waals surface area contributed by atoms with E-state index in [1.165, 1.54) is 0 Å². The van der Waals surface area contributed by atoms with Crippen LogP contribution in [0.5, 0.6) is 0 Å². The van der Waals surface area contributed by atoms with Crippen molar-refractivity contribution in [2.45, 2.75) is 13.0 Å². The minimum absolute atomic E-state index is 0.761. The molecule has 1 N–H and O–H groups in total. The number of benzene rings is 1. The number of aromatic nitrogens is 7. The molecule has 4 heterocycles. The molecule has 8 heteroatoms. The first-order valence-corrected chi connectivity index (χ1v) is 8.27. The largest absolute Gasteiger partial charge is 0.354 e. The summed E-state index contributed by atoms with van der Waals surface area (Å²) in [5.74, 6) is 2.72. The molecule has 0 bridgehead atoms. The minimum Gasteiger partial charge on any atom is -0.354 e. The van der Waals surface area contributed by atoms with Gasteiger partial charge in [-0.05, 0) is 0 Å². The fourth-order valence-corrected chi connectivity index (χ4v) is 3.23. The molecule has 3 aromatic heterocycles. The van der Waals surface area contributed by atoms with Crippen LogP contribution in [-0.4, -0.2) is 48.0 Å². The van der Waals surface area contributed by atoms with Crippen molar-refractivity contribution in [3.05, 3.63) is 48.7 Å².